The molecule has 3 heteroatoms. The van der Waals surface area contributed by atoms with Crippen LogP contribution in [0.1, 0.15) is 12.5 Å². The number of halogens is 2. The number of hydrogen-bond donors (Lipinski definition) is 0. The first kappa shape index (κ1) is 9.54. The second-order valence-electron chi connectivity index (χ2n) is 2.27. The molecule has 0 aliphatic heterocycles. The molecular formula is C8H9ClISi. The van der Waals surface area contributed by atoms with Crippen molar-refractivity contribution < 1.29 is 0 Å². The first-order valence-corrected chi connectivity index (χ1v) is 9.14. The Morgan fingerprint density at radius 1 is 1.45 bits per heavy atom. The van der Waals surface area contributed by atoms with Gasteiger partial charge in [0.25, 0.3) is 5.60 Å². The van der Waals surface area contributed by atoms with Gasteiger partial charge in [-0.3, -0.25) is 0 Å². The highest BCUT2D eigenvalue weighted by Crippen LogP contribution is 2.06. The zero-order valence-corrected chi connectivity index (χ0v) is 10.2. The Balaban J connectivity index is 3.02. The Morgan fingerprint density at radius 2 is 2.09 bits per heavy atom. The second-order valence-corrected chi connectivity index (χ2v) is 9.61. The van der Waals surface area contributed by atoms with Crippen molar-refractivity contribution in [2.75, 3.05) is 0 Å². The molecule has 0 saturated carbocycles. The highest BCUT2D eigenvalue weighted by Gasteiger charge is 2.09. The summed E-state index contributed by atoms with van der Waals surface area (Å²) in [6.45, 7) is 2.16. The van der Waals surface area contributed by atoms with Crippen LogP contribution in [0.15, 0.2) is 24.3 Å². The van der Waals surface area contributed by atoms with Crippen LogP contribution in [0.25, 0.3) is 0 Å². The van der Waals surface area contributed by atoms with E-state index < -0.39 is 5.60 Å². The van der Waals surface area contributed by atoms with Crippen LogP contribution < -0.4 is 5.19 Å². The Bertz CT molecular complexity index is 237. The van der Waals surface area contributed by atoms with E-state index in [1.165, 1.54) is 10.8 Å². The van der Waals surface area contributed by atoms with Crippen LogP contribution in [0, 0.1) is 0 Å². The molecule has 0 nitrogen and oxygen atoms in total. The van der Waals surface area contributed by atoms with Gasteiger partial charge in [-0.2, -0.15) is 0 Å². The number of aryl methyl sites for hydroxylation is 1. The molecule has 1 radical (unpaired) electrons. The van der Waals surface area contributed by atoms with Gasteiger partial charge in [-0.25, -0.2) is 0 Å². The molecule has 0 heterocycles. The number of benzene rings is 1. The molecule has 0 aliphatic rings. The molecular weight excluding hydrogens is 287 g/mol. The van der Waals surface area contributed by atoms with Gasteiger partial charge in [-0.15, -0.1) is 11.1 Å². The molecule has 0 fully saturated rings. The summed E-state index contributed by atoms with van der Waals surface area (Å²) in [6, 6.07) is 8.41. The van der Waals surface area contributed by atoms with E-state index in [4.69, 9.17) is 11.1 Å². The Labute approximate surface area is 86.5 Å². The van der Waals surface area contributed by atoms with E-state index in [0.717, 1.165) is 6.42 Å². The maximum absolute atomic E-state index is 6.08. The molecule has 0 unspecified atom stereocenters. The average molecular weight is 296 g/mol. The summed E-state index contributed by atoms with van der Waals surface area (Å²) in [5.41, 5.74) is 0.582. The normalized spacial score (nSPS) is 10.5. The maximum atomic E-state index is 6.08. The summed E-state index contributed by atoms with van der Waals surface area (Å²) in [5, 5.41) is 1.35. The summed E-state index contributed by atoms with van der Waals surface area (Å²) in [5.74, 6) is 0. The van der Waals surface area contributed by atoms with Gasteiger partial charge in [0.05, 0.1) is 0 Å². The first-order chi connectivity index (χ1) is 5.25. The van der Waals surface area contributed by atoms with E-state index in [-0.39, 0.29) is 0 Å². The quantitative estimate of drug-likeness (QED) is 0.447. The van der Waals surface area contributed by atoms with Gasteiger partial charge in [0, 0.05) is 0 Å². The van der Waals surface area contributed by atoms with Crippen molar-refractivity contribution in [3.8, 4) is 0 Å². The predicted molar refractivity (Wildman–Crippen MR) is 61.1 cm³/mol. The first-order valence-electron chi connectivity index (χ1n) is 3.52. The SMILES string of the molecule is CCc1ccccc1[Si](Cl)I. The predicted octanol–water partition coefficient (Wildman–Crippen LogP) is 2.62. The van der Waals surface area contributed by atoms with Gasteiger partial charge < -0.3 is 0 Å². The fourth-order valence-corrected chi connectivity index (χ4v) is 3.87. The summed E-state index contributed by atoms with van der Waals surface area (Å²) < 4.78 is 0. The molecule has 0 aromatic heterocycles. The van der Waals surface area contributed by atoms with Crippen LogP contribution in [0.2, 0.25) is 0 Å². The highest BCUT2D eigenvalue weighted by molar-refractivity contribution is 14.1. The minimum atomic E-state index is -0.812. The lowest BCUT2D eigenvalue weighted by molar-refractivity contribution is 1.15. The van der Waals surface area contributed by atoms with Crippen LogP contribution in [0.3, 0.4) is 0 Å². The average Bonchev–Trinajstić information content (AvgIpc) is 2.04. The molecule has 1 aromatic rings. The topological polar surface area (TPSA) is 0 Å². The van der Waals surface area contributed by atoms with Crippen LogP contribution in [0.5, 0.6) is 0 Å². The molecule has 0 spiro atoms. The summed E-state index contributed by atoms with van der Waals surface area (Å²) >= 11 is 8.40. The van der Waals surface area contributed by atoms with Gasteiger partial charge >= 0.3 is 0 Å². The molecule has 0 N–H and O–H groups in total. The van der Waals surface area contributed by atoms with Crippen LogP contribution in [-0.2, 0) is 6.42 Å². The number of rotatable bonds is 2. The highest BCUT2D eigenvalue weighted by atomic mass is 127. The van der Waals surface area contributed by atoms with E-state index in [9.17, 15) is 0 Å². The third-order valence-electron chi connectivity index (χ3n) is 1.60. The fourth-order valence-electron chi connectivity index (χ4n) is 1.01. The summed E-state index contributed by atoms with van der Waals surface area (Å²) in [6.07, 6.45) is 1.08. The smallest absolute Gasteiger partial charge is 0.148 e. The molecule has 0 aliphatic carbocycles. The van der Waals surface area contributed by atoms with E-state index in [1.807, 2.05) is 0 Å². The summed E-state index contributed by atoms with van der Waals surface area (Å²) in [7, 11) is 0. The molecule has 1 rings (SSSR count). The molecule has 11 heavy (non-hydrogen) atoms. The van der Waals surface area contributed by atoms with Crippen molar-refractivity contribution >= 4 is 43.7 Å². The molecule has 0 saturated heterocycles. The van der Waals surface area contributed by atoms with Crippen molar-refractivity contribution in [1.82, 2.24) is 0 Å². The molecule has 1 aromatic carbocycles. The van der Waals surface area contributed by atoms with E-state index in [0.29, 0.717) is 0 Å². The van der Waals surface area contributed by atoms with E-state index in [2.05, 4.69) is 53.0 Å². The van der Waals surface area contributed by atoms with Crippen molar-refractivity contribution in [1.29, 1.82) is 0 Å². The Kier molecular flexibility index (Phi) is 3.88. The lowest BCUT2D eigenvalue weighted by atomic mass is 10.2. The van der Waals surface area contributed by atoms with Gasteiger partial charge in [-0.05, 0) is 17.2 Å². The van der Waals surface area contributed by atoms with Gasteiger partial charge in [-0.1, -0.05) is 53.0 Å². The van der Waals surface area contributed by atoms with Crippen molar-refractivity contribution in [3.05, 3.63) is 29.8 Å². The molecule has 0 bridgehead atoms. The van der Waals surface area contributed by atoms with Gasteiger partial charge in [0.15, 0.2) is 0 Å². The number of hydrogen-bond acceptors (Lipinski definition) is 0. The van der Waals surface area contributed by atoms with E-state index >= 15 is 0 Å². The minimum Gasteiger partial charge on any atom is -0.148 e. The van der Waals surface area contributed by atoms with Gasteiger partial charge in [0.1, 0.15) is 0 Å². The Morgan fingerprint density at radius 3 is 2.55 bits per heavy atom. The minimum absolute atomic E-state index is 0.812. The van der Waals surface area contributed by atoms with Crippen LogP contribution in [0.4, 0.5) is 0 Å². The lowest BCUT2D eigenvalue weighted by Gasteiger charge is -2.05. The monoisotopic (exact) mass is 295 g/mol. The van der Waals surface area contributed by atoms with Crippen LogP contribution in [-0.4, -0.2) is 5.60 Å². The maximum Gasteiger partial charge on any atom is 0.273 e. The summed E-state index contributed by atoms with van der Waals surface area (Å²) in [4.78, 5) is 0. The standard InChI is InChI=1S/C8H9ClISi/c1-2-7-5-3-4-6-8(7)11(9)10/h3-6H,2H2,1H3. The molecule has 59 valence electrons. The van der Waals surface area contributed by atoms with Crippen molar-refractivity contribution in [2.24, 2.45) is 0 Å². The van der Waals surface area contributed by atoms with E-state index in [1.54, 1.807) is 0 Å². The largest absolute Gasteiger partial charge is 0.273 e. The second kappa shape index (κ2) is 4.47. The van der Waals surface area contributed by atoms with Crippen molar-refractivity contribution in [2.45, 2.75) is 13.3 Å². The fraction of sp³-hybridized carbons (Fsp3) is 0.250. The van der Waals surface area contributed by atoms with Gasteiger partial charge in [0.2, 0.25) is 0 Å². The third kappa shape index (κ3) is 2.45. The molecule has 0 amide bonds. The Hall–Kier alpha value is 0.457. The van der Waals surface area contributed by atoms with Crippen LogP contribution >= 0.6 is 32.9 Å². The lowest BCUT2D eigenvalue weighted by Crippen LogP contribution is -2.21. The van der Waals surface area contributed by atoms with Crippen molar-refractivity contribution in [3.63, 3.8) is 0 Å². The zero-order valence-electron chi connectivity index (χ0n) is 6.27. The third-order valence-corrected chi connectivity index (χ3v) is 4.85. The molecule has 0 atom stereocenters. The zero-order chi connectivity index (χ0) is 8.27.